The van der Waals surface area contributed by atoms with Crippen LogP contribution in [-0.2, 0) is 11.2 Å². The zero-order valence-electron chi connectivity index (χ0n) is 17.6. The van der Waals surface area contributed by atoms with Gasteiger partial charge in [0, 0.05) is 43.3 Å². The number of fused-ring (bicyclic) bond motifs is 1. The van der Waals surface area contributed by atoms with Gasteiger partial charge in [-0.05, 0) is 66.8 Å². The molecule has 2 aromatic heterocycles. The van der Waals surface area contributed by atoms with Crippen molar-refractivity contribution in [3.63, 3.8) is 0 Å². The second-order valence-electron chi connectivity index (χ2n) is 7.73. The molecular weight excluding hydrogens is 412 g/mol. The van der Waals surface area contributed by atoms with Crippen molar-refractivity contribution in [2.24, 2.45) is 0 Å². The third kappa shape index (κ3) is 4.03. The number of carbonyl (C=O) groups is 2. The molecule has 0 aliphatic carbocycles. The summed E-state index contributed by atoms with van der Waals surface area (Å²) in [5, 5.41) is 3.28. The maximum absolute atomic E-state index is 12.6. The molecule has 158 valence electrons. The van der Waals surface area contributed by atoms with Crippen LogP contribution in [0.1, 0.15) is 46.6 Å². The van der Waals surface area contributed by atoms with E-state index in [-0.39, 0.29) is 23.6 Å². The van der Waals surface area contributed by atoms with E-state index < -0.39 is 0 Å². The molecule has 1 aliphatic heterocycles. The van der Waals surface area contributed by atoms with E-state index in [4.69, 9.17) is 11.6 Å². The van der Waals surface area contributed by atoms with E-state index in [0.29, 0.717) is 11.4 Å². The monoisotopic (exact) mass is 434 g/mol. The van der Waals surface area contributed by atoms with E-state index in [1.54, 1.807) is 29.4 Å². The number of anilines is 1. The number of pyridine rings is 2. The van der Waals surface area contributed by atoms with Crippen molar-refractivity contribution in [2.45, 2.75) is 32.7 Å². The molecule has 1 aliphatic rings. The van der Waals surface area contributed by atoms with Gasteiger partial charge in [0.05, 0.1) is 11.1 Å². The SMILES string of the molecule is Cc1c(-c2ccc3c(c2)CCC(=O)N3C)cncc1C(C)NC(=O)c1ncccc1Cl. The van der Waals surface area contributed by atoms with Crippen LogP contribution in [0.5, 0.6) is 0 Å². The summed E-state index contributed by atoms with van der Waals surface area (Å²) in [5.74, 6) is -0.193. The molecule has 31 heavy (non-hydrogen) atoms. The Morgan fingerprint density at radius 3 is 2.81 bits per heavy atom. The molecule has 0 spiro atoms. The van der Waals surface area contributed by atoms with Crippen LogP contribution in [-0.4, -0.2) is 28.8 Å². The van der Waals surface area contributed by atoms with Crippen molar-refractivity contribution in [1.29, 1.82) is 0 Å². The van der Waals surface area contributed by atoms with Crippen LogP contribution in [0, 0.1) is 6.92 Å². The summed E-state index contributed by atoms with van der Waals surface area (Å²) in [6, 6.07) is 9.18. The molecule has 0 fully saturated rings. The Morgan fingerprint density at radius 1 is 1.23 bits per heavy atom. The van der Waals surface area contributed by atoms with Crippen LogP contribution in [0.15, 0.2) is 48.9 Å². The van der Waals surface area contributed by atoms with E-state index in [1.165, 1.54) is 0 Å². The van der Waals surface area contributed by atoms with Crippen molar-refractivity contribution < 1.29 is 9.59 Å². The number of aryl methyl sites for hydroxylation is 1. The molecule has 3 heterocycles. The van der Waals surface area contributed by atoms with Gasteiger partial charge in [-0.1, -0.05) is 17.7 Å². The summed E-state index contributed by atoms with van der Waals surface area (Å²) in [6.45, 7) is 3.94. The summed E-state index contributed by atoms with van der Waals surface area (Å²) in [7, 11) is 1.81. The Hall–Kier alpha value is -3.25. The number of aromatic nitrogens is 2. The van der Waals surface area contributed by atoms with Crippen molar-refractivity contribution >= 4 is 29.1 Å². The fourth-order valence-corrected chi connectivity index (χ4v) is 4.20. The highest BCUT2D eigenvalue weighted by Crippen LogP contribution is 2.34. The lowest BCUT2D eigenvalue weighted by atomic mass is 9.92. The molecule has 1 aromatic carbocycles. The predicted molar refractivity (Wildman–Crippen MR) is 121 cm³/mol. The third-order valence-electron chi connectivity index (χ3n) is 5.78. The van der Waals surface area contributed by atoms with Crippen LogP contribution in [0.4, 0.5) is 5.69 Å². The number of hydrogen-bond donors (Lipinski definition) is 1. The van der Waals surface area contributed by atoms with Gasteiger partial charge in [-0.15, -0.1) is 0 Å². The highest BCUT2D eigenvalue weighted by molar-refractivity contribution is 6.33. The Balaban J connectivity index is 1.62. The van der Waals surface area contributed by atoms with Gasteiger partial charge < -0.3 is 10.2 Å². The van der Waals surface area contributed by atoms with Gasteiger partial charge in [-0.3, -0.25) is 14.6 Å². The zero-order chi connectivity index (χ0) is 22.1. The van der Waals surface area contributed by atoms with Crippen molar-refractivity contribution in [3.8, 4) is 11.1 Å². The number of halogens is 1. The summed E-state index contributed by atoms with van der Waals surface area (Å²) in [5.41, 5.74) is 6.30. The minimum atomic E-state index is -0.329. The molecule has 4 rings (SSSR count). The Labute approximate surface area is 186 Å². The molecule has 6 nitrogen and oxygen atoms in total. The lowest BCUT2D eigenvalue weighted by Crippen LogP contribution is -2.31. The van der Waals surface area contributed by atoms with E-state index >= 15 is 0 Å². The summed E-state index contributed by atoms with van der Waals surface area (Å²) in [4.78, 5) is 34.8. The van der Waals surface area contributed by atoms with Crippen molar-refractivity contribution in [2.75, 3.05) is 11.9 Å². The Kier molecular flexibility index (Phi) is 5.74. The maximum Gasteiger partial charge on any atom is 0.271 e. The Morgan fingerprint density at radius 2 is 2.03 bits per heavy atom. The molecule has 3 aromatic rings. The fraction of sp³-hybridized carbons (Fsp3) is 0.250. The smallest absolute Gasteiger partial charge is 0.271 e. The molecule has 1 atom stereocenters. The van der Waals surface area contributed by atoms with E-state index in [2.05, 4.69) is 21.4 Å². The normalized spacial score (nSPS) is 14.2. The summed E-state index contributed by atoms with van der Waals surface area (Å²) >= 11 is 6.10. The number of carbonyl (C=O) groups excluding carboxylic acids is 2. The van der Waals surface area contributed by atoms with Crippen LogP contribution in [0.3, 0.4) is 0 Å². The third-order valence-corrected chi connectivity index (χ3v) is 6.08. The van der Waals surface area contributed by atoms with Crippen molar-refractivity contribution in [1.82, 2.24) is 15.3 Å². The van der Waals surface area contributed by atoms with Gasteiger partial charge in [0.1, 0.15) is 5.69 Å². The Bertz CT molecular complexity index is 1180. The molecule has 1 unspecified atom stereocenters. The lowest BCUT2D eigenvalue weighted by molar-refractivity contribution is -0.118. The topological polar surface area (TPSA) is 75.2 Å². The van der Waals surface area contributed by atoms with Crippen LogP contribution in [0.2, 0.25) is 5.02 Å². The average molecular weight is 435 g/mol. The predicted octanol–water partition coefficient (Wildman–Crippen LogP) is 4.51. The number of nitrogens with one attached hydrogen (secondary N) is 1. The van der Waals surface area contributed by atoms with E-state index in [9.17, 15) is 9.59 Å². The second kappa shape index (κ2) is 8.47. The molecule has 0 saturated carbocycles. The maximum atomic E-state index is 12.6. The number of amides is 2. The molecule has 0 saturated heterocycles. The van der Waals surface area contributed by atoms with Gasteiger partial charge in [-0.25, -0.2) is 4.98 Å². The van der Waals surface area contributed by atoms with Crippen molar-refractivity contribution in [3.05, 3.63) is 76.3 Å². The largest absolute Gasteiger partial charge is 0.344 e. The van der Waals surface area contributed by atoms with Gasteiger partial charge in [0.25, 0.3) is 5.91 Å². The lowest BCUT2D eigenvalue weighted by Gasteiger charge is -2.26. The number of benzene rings is 1. The van der Waals surface area contributed by atoms with Gasteiger partial charge in [0.2, 0.25) is 5.91 Å². The molecule has 0 bridgehead atoms. The highest BCUT2D eigenvalue weighted by atomic mass is 35.5. The number of rotatable bonds is 4. The van der Waals surface area contributed by atoms with Gasteiger partial charge in [0.15, 0.2) is 0 Å². The first-order chi connectivity index (χ1) is 14.9. The van der Waals surface area contributed by atoms with Crippen LogP contribution < -0.4 is 10.2 Å². The number of nitrogens with zero attached hydrogens (tertiary/aromatic N) is 3. The van der Waals surface area contributed by atoms with E-state index in [1.807, 2.05) is 39.2 Å². The van der Waals surface area contributed by atoms with Crippen LogP contribution >= 0.6 is 11.6 Å². The minimum absolute atomic E-state index is 0.137. The first kappa shape index (κ1) is 21.0. The summed E-state index contributed by atoms with van der Waals surface area (Å²) in [6.07, 6.45) is 6.40. The molecule has 1 N–H and O–H groups in total. The number of hydrogen-bond acceptors (Lipinski definition) is 4. The first-order valence-corrected chi connectivity index (χ1v) is 10.5. The zero-order valence-corrected chi connectivity index (χ0v) is 18.4. The van der Waals surface area contributed by atoms with Gasteiger partial charge >= 0.3 is 0 Å². The molecule has 7 heteroatoms. The quantitative estimate of drug-likeness (QED) is 0.655. The standard InChI is InChI=1S/C24H23ClN4O2/c1-14-18(15(2)28-24(31)23-20(25)5-4-10-27-23)12-26-13-19(14)16-6-8-21-17(11-16)7-9-22(30)29(21)3/h4-6,8,10-13,15H,7,9H2,1-3H3,(H,28,31). The molecule has 2 amide bonds. The second-order valence-corrected chi connectivity index (χ2v) is 8.13. The first-order valence-electron chi connectivity index (χ1n) is 10.1. The molecule has 0 radical (unpaired) electrons. The highest BCUT2D eigenvalue weighted by Gasteiger charge is 2.22. The van der Waals surface area contributed by atoms with Gasteiger partial charge in [-0.2, -0.15) is 0 Å². The van der Waals surface area contributed by atoms with E-state index in [0.717, 1.165) is 39.9 Å². The van der Waals surface area contributed by atoms with Crippen LogP contribution in [0.25, 0.3) is 11.1 Å². The molecular formula is C24H23ClN4O2. The minimum Gasteiger partial charge on any atom is -0.344 e. The fourth-order valence-electron chi connectivity index (χ4n) is 3.99. The average Bonchev–Trinajstić information content (AvgIpc) is 2.76. The summed E-state index contributed by atoms with van der Waals surface area (Å²) < 4.78 is 0.